The van der Waals surface area contributed by atoms with Crippen molar-refractivity contribution in [1.82, 2.24) is 0 Å². The van der Waals surface area contributed by atoms with Gasteiger partial charge in [-0.05, 0) is 38.0 Å². The molecule has 3 heteroatoms. The van der Waals surface area contributed by atoms with Crippen LogP contribution in [0.15, 0.2) is 22.7 Å². The van der Waals surface area contributed by atoms with Gasteiger partial charge in [-0.1, -0.05) is 35.3 Å². The number of benzene rings is 1. The van der Waals surface area contributed by atoms with E-state index < -0.39 is 0 Å². The van der Waals surface area contributed by atoms with Crippen LogP contribution in [0.2, 0.25) is 0 Å². The van der Waals surface area contributed by atoms with Gasteiger partial charge in [0.1, 0.15) is 0 Å². The fraction of sp³-hybridized carbons (Fsp3) is 0.571. The lowest BCUT2D eigenvalue weighted by Gasteiger charge is -2.27. The van der Waals surface area contributed by atoms with Crippen LogP contribution in [0.3, 0.4) is 0 Å². The summed E-state index contributed by atoms with van der Waals surface area (Å²) in [4.78, 5) is 2.32. The highest BCUT2D eigenvalue weighted by atomic mass is 79.9. The van der Waals surface area contributed by atoms with E-state index in [0.29, 0.717) is 6.04 Å². The zero-order chi connectivity index (χ0) is 13.0. The fourth-order valence-corrected chi connectivity index (χ4v) is 2.70. The minimum atomic E-state index is 0.0665. The zero-order valence-corrected chi connectivity index (χ0v) is 12.8. The van der Waals surface area contributed by atoms with Gasteiger partial charge in [0, 0.05) is 29.3 Å². The van der Waals surface area contributed by atoms with E-state index in [-0.39, 0.29) is 6.04 Å². The molecule has 96 valence electrons. The second-order valence-electron chi connectivity index (χ2n) is 4.74. The molecule has 0 heterocycles. The van der Waals surface area contributed by atoms with E-state index in [2.05, 4.69) is 59.9 Å². The van der Waals surface area contributed by atoms with Crippen LogP contribution >= 0.6 is 15.9 Å². The average Bonchev–Trinajstić information content (AvgIpc) is 2.27. The predicted molar refractivity (Wildman–Crippen MR) is 79.5 cm³/mol. The molecule has 0 aliphatic carbocycles. The molecule has 17 heavy (non-hydrogen) atoms. The summed E-state index contributed by atoms with van der Waals surface area (Å²) in [5.41, 5.74) is 8.30. The van der Waals surface area contributed by atoms with Crippen molar-refractivity contribution in [3.8, 4) is 0 Å². The van der Waals surface area contributed by atoms with E-state index in [1.165, 1.54) is 18.5 Å². The minimum absolute atomic E-state index is 0.0665. The standard InChI is InChI=1S/C14H23BrN2/c1-5-6-10(2)17(4)12-7-8-13(11(3)16)14(15)9-12/h7-11H,5-6,16H2,1-4H3. The number of anilines is 1. The lowest BCUT2D eigenvalue weighted by Crippen LogP contribution is -2.28. The smallest absolute Gasteiger partial charge is 0.0377 e. The average molecular weight is 299 g/mol. The first-order chi connectivity index (χ1) is 7.97. The van der Waals surface area contributed by atoms with Crippen LogP contribution in [-0.2, 0) is 0 Å². The number of rotatable bonds is 5. The van der Waals surface area contributed by atoms with Gasteiger partial charge in [0.2, 0.25) is 0 Å². The molecule has 0 spiro atoms. The van der Waals surface area contributed by atoms with Crippen LogP contribution in [0, 0.1) is 0 Å². The Kier molecular flexibility index (Phi) is 5.47. The summed E-state index contributed by atoms with van der Waals surface area (Å²) < 4.78 is 1.10. The van der Waals surface area contributed by atoms with E-state index >= 15 is 0 Å². The van der Waals surface area contributed by atoms with Gasteiger partial charge in [0.15, 0.2) is 0 Å². The van der Waals surface area contributed by atoms with Gasteiger partial charge >= 0.3 is 0 Å². The van der Waals surface area contributed by atoms with Crippen molar-refractivity contribution in [1.29, 1.82) is 0 Å². The van der Waals surface area contributed by atoms with Crippen LogP contribution in [0.4, 0.5) is 5.69 Å². The summed E-state index contributed by atoms with van der Waals surface area (Å²) in [6.07, 6.45) is 2.42. The molecule has 0 aromatic heterocycles. The van der Waals surface area contributed by atoms with Crippen LogP contribution < -0.4 is 10.6 Å². The van der Waals surface area contributed by atoms with Gasteiger partial charge in [0.05, 0.1) is 0 Å². The number of nitrogens with zero attached hydrogens (tertiary/aromatic N) is 1. The lowest BCUT2D eigenvalue weighted by atomic mass is 10.1. The third kappa shape index (κ3) is 3.71. The summed E-state index contributed by atoms with van der Waals surface area (Å²) in [5.74, 6) is 0. The van der Waals surface area contributed by atoms with Crippen molar-refractivity contribution in [3.05, 3.63) is 28.2 Å². The topological polar surface area (TPSA) is 29.3 Å². The van der Waals surface area contributed by atoms with Crippen molar-refractivity contribution in [2.24, 2.45) is 5.73 Å². The Morgan fingerprint density at radius 2 is 2.00 bits per heavy atom. The normalized spacial score (nSPS) is 14.5. The molecule has 0 aliphatic heterocycles. The van der Waals surface area contributed by atoms with Crippen molar-refractivity contribution in [3.63, 3.8) is 0 Å². The molecule has 0 fully saturated rings. The molecule has 0 aliphatic rings. The second kappa shape index (κ2) is 6.41. The maximum atomic E-state index is 5.90. The molecule has 1 aromatic rings. The molecule has 0 saturated carbocycles. The first kappa shape index (κ1) is 14.5. The summed E-state index contributed by atoms with van der Waals surface area (Å²) in [7, 11) is 2.15. The van der Waals surface area contributed by atoms with Gasteiger partial charge in [-0.15, -0.1) is 0 Å². The van der Waals surface area contributed by atoms with Crippen molar-refractivity contribution < 1.29 is 0 Å². The first-order valence-electron chi connectivity index (χ1n) is 6.25. The van der Waals surface area contributed by atoms with Crippen LogP contribution in [0.5, 0.6) is 0 Å². The highest BCUT2D eigenvalue weighted by Crippen LogP contribution is 2.28. The van der Waals surface area contributed by atoms with Gasteiger partial charge in [-0.3, -0.25) is 0 Å². The van der Waals surface area contributed by atoms with Crippen LogP contribution in [-0.4, -0.2) is 13.1 Å². The summed E-state index contributed by atoms with van der Waals surface area (Å²) in [5, 5.41) is 0. The van der Waals surface area contributed by atoms with E-state index in [1.807, 2.05) is 6.92 Å². The van der Waals surface area contributed by atoms with Gasteiger partial charge in [-0.25, -0.2) is 0 Å². The number of halogens is 1. The number of nitrogens with two attached hydrogens (primary N) is 1. The molecule has 1 aromatic carbocycles. The van der Waals surface area contributed by atoms with E-state index in [9.17, 15) is 0 Å². The van der Waals surface area contributed by atoms with Gasteiger partial charge in [0.25, 0.3) is 0 Å². The van der Waals surface area contributed by atoms with Gasteiger partial charge < -0.3 is 10.6 Å². The van der Waals surface area contributed by atoms with Crippen LogP contribution in [0.25, 0.3) is 0 Å². The molecular weight excluding hydrogens is 276 g/mol. The molecule has 2 N–H and O–H groups in total. The zero-order valence-electron chi connectivity index (χ0n) is 11.2. The summed E-state index contributed by atoms with van der Waals surface area (Å²) in [6, 6.07) is 7.05. The predicted octanol–water partition coefficient (Wildman–Crippen LogP) is 4.09. The molecular formula is C14H23BrN2. The Morgan fingerprint density at radius 1 is 1.35 bits per heavy atom. The second-order valence-corrected chi connectivity index (χ2v) is 5.60. The quantitative estimate of drug-likeness (QED) is 0.887. The Labute approximate surface area is 113 Å². The Morgan fingerprint density at radius 3 is 2.47 bits per heavy atom. The minimum Gasteiger partial charge on any atom is -0.372 e. The van der Waals surface area contributed by atoms with Crippen molar-refractivity contribution in [2.45, 2.75) is 45.7 Å². The maximum absolute atomic E-state index is 5.90. The molecule has 2 unspecified atom stereocenters. The monoisotopic (exact) mass is 298 g/mol. The molecule has 0 saturated heterocycles. The number of hydrogen-bond acceptors (Lipinski definition) is 2. The summed E-state index contributed by atoms with van der Waals surface area (Å²) in [6.45, 7) is 6.49. The third-order valence-electron chi connectivity index (χ3n) is 3.25. The largest absolute Gasteiger partial charge is 0.372 e. The van der Waals surface area contributed by atoms with E-state index in [0.717, 1.165) is 10.0 Å². The van der Waals surface area contributed by atoms with Crippen molar-refractivity contribution >= 4 is 21.6 Å². The highest BCUT2D eigenvalue weighted by Gasteiger charge is 2.11. The van der Waals surface area contributed by atoms with Gasteiger partial charge in [-0.2, -0.15) is 0 Å². The lowest BCUT2D eigenvalue weighted by molar-refractivity contribution is 0.616. The van der Waals surface area contributed by atoms with E-state index in [4.69, 9.17) is 5.73 Å². The molecule has 2 atom stereocenters. The third-order valence-corrected chi connectivity index (χ3v) is 3.94. The first-order valence-corrected chi connectivity index (χ1v) is 7.04. The van der Waals surface area contributed by atoms with Crippen molar-refractivity contribution in [2.75, 3.05) is 11.9 Å². The summed E-state index contributed by atoms with van der Waals surface area (Å²) >= 11 is 3.60. The number of hydrogen-bond donors (Lipinski definition) is 1. The Balaban J connectivity index is 2.89. The van der Waals surface area contributed by atoms with E-state index in [1.54, 1.807) is 0 Å². The molecule has 0 radical (unpaired) electrons. The molecule has 1 rings (SSSR count). The molecule has 2 nitrogen and oxygen atoms in total. The molecule has 0 amide bonds. The SMILES string of the molecule is CCCC(C)N(C)c1ccc(C(C)N)c(Br)c1. The Hall–Kier alpha value is -0.540. The Bertz CT molecular complexity index is 363. The maximum Gasteiger partial charge on any atom is 0.0377 e. The fourth-order valence-electron chi connectivity index (χ4n) is 1.97. The highest BCUT2D eigenvalue weighted by molar-refractivity contribution is 9.10. The molecule has 0 bridgehead atoms. The van der Waals surface area contributed by atoms with Crippen LogP contribution in [0.1, 0.15) is 45.2 Å².